The molecule has 1 aromatic heterocycles. The minimum atomic E-state index is -0.891. The first-order valence-electron chi connectivity index (χ1n) is 8.88. The fourth-order valence-electron chi connectivity index (χ4n) is 2.88. The van der Waals surface area contributed by atoms with Gasteiger partial charge in [-0.3, -0.25) is 9.59 Å². The van der Waals surface area contributed by atoms with Crippen LogP contribution in [0.25, 0.3) is 11.0 Å². The first-order valence-corrected chi connectivity index (χ1v) is 8.88. The van der Waals surface area contributed by atoms with E-state index in [0.29, 0.717) is 0 Å². The van der Waals surface area contributed by atoms with Gasteiger partial charge in [0.2, 0.25) is 0 Å². The van der Waals surface area contributed by atoms with E-state index in [9.17, 15) is 9.59 Å². The van der Waals surface area contributed by atoms with Gasteiger partial charge in [0.1, 0.15) is 5.58 Å². The van der Waals surface area contributed by atoms with Gasteiger partial charge in [0.25, 0.3) is 5.91 Å². The number of benzene rings is 2. The molecule has 27 heavy (non-hydrogen) atoms. The van der Waals surface area contributed by atoms with Crippen molar-refractivity contribution in [1.29, 1.82) is 0 Å². The molecule has 1 amide bonds. The summed E-state index contributed by atoms with van der Waals surface area (Å²) < 4.78 is 10.8. The maximum absolute atomic E-state index is 12.4. The van der Waals surface area contributed by atoms with E-state index in [4.69, 9.17) is 9.15 Å². The van der Waals surface area contributed by atoms with Crippen molar-refractivity contribution in [3.05, 3.63) is 64.9 Å². The Kier molecular flexibility index (Phi) is 5.31. The first-order chi connectivity index (χ1) is 12.8. The largest absolute Gasteiger partial charge is 0.464 e. The SMILES string of the molecule is Cc1ccc(C)c(NC(=O)[C@H](C)OC(=O)Cc2coc3cc(C)ccc23)c1. The Balaban J connectivity index is 1.62. The third-order valence-electron chi connectivity index (χ3n) is 4.47. The highest BCUT2D eigenvalue weighted by atomic mass is 16.5. The number of esters is 1. The van der Waals surface area contributed by atoms with Crippen LogP contribution in [0.5, 0.6) is 0 Å². The predicted molar refractivity (Wildman–Crippen MR) is 105 cm³/mol. The Morgan fingerprint density at radius 3 is 2.56 bits per heavy atom. The van der Waals surface area contributed by atoms with Crippen LogP contribution in [0.2, 0.25) is 0 Å². The lowest BCUT2D eigenvalue weighted by molar-refractivity contribution is -0.152. The molecule has 3 aromatic rings. The molecule has 1 N–H and O–H groups in total. The summed E-state index contributed by atoms with van der Waals surface area (Å²) in [6.45, 7) is 7.41. The van der Waals surface area contributed by atoms with Crippen LogP contribution >= 0.6 is 0 Å². The molecule has 1 heterocycles. The van der Waals surface area contributed by atoms with Crippen LogP contribution in [-0.2, 0) is 20.7 Å². The van der Waals surface area contributed by atoms with Crippen molar-refractivity contribution >= 4 is 28.5 Å². The van der Waals surface area contributed by atoms with Crippen molar-refractivity contribution in [2.75, 3.05) is 5.32 Å². The number of hydrogen-bond acceptors (Lipinski definition) is 4. The Morgan fingerprint density at radius 2 is 1.78 bits per heavy atom. The standard InChI is InChI=1S/C22H23NO4/c1-13-5-7-15(3)19(9-13)23-22(25)16(4)27-21(24)11-17-12-26-20-10-14(2)6-8-18(17)20/h5-10,12,16H,11H2,1-4H3,(H,23,25)/t16-/m0/s1. The molecular weight excluding hydrogens is 342 g/mol. The average Bonchev–Trinajstić information content (AvgIpc) is 2.99. The topological polar surface area (TPSA) is 68.5 Å². The summed E-state index contributed by atoms with van der Waals surface area (Å²) in [5, 5.41) is 3.70. The molecule has 0 spiro atoms. The molecule has 0 aliphatic rings. The number of hydrogen-bond donors (Lipinski definition) is 1. The lowest BCUT2D eigenvalue weighted by atomic mass is 10.1. The molecule has 0 radical (unpaired) electrons. The Hall–Kier alpha value is -3.08. The number of rotatable bonds is 5. The van der Waals surface area contributed by atoms with Crippen molar-refractivity contribution in [3.8, 4) is 0 Å². The fraction of sp³-hybridized carbons (Fsp3) is 0.273. The van der Waals surface area contributed by atoms with Crippen molar-refractivity contribution in [2.24, 2.45) is 0 Å². The maximum Gasteiger partial charge on any atom is 0.311 e. The average molecular weight is 365 g/mol. The Labute approximate surface area is 158 Å². The van der Waals surface area contributed by atoms with E-state index in [1.807, 2.05) is 57.2 Å². The van der Waals surface area contributed by atoms with Gasteiger partial charge >= 0.3 is 5.97 Å². The second-order valence-corrected chi connectivity index (χ2v) is 6.88. The minimum absolute atomic E-state index is 0.0527. The van der Waals surface area contributed by atoms with Crippen molar-refractivity contribution in [1.82, 2.24) is 0 Å². The third-order valence-corrected chi connectivity index (χ3v) is 4.47. The quantitative estimate of drug-likeness (QED) is 0.677. The summed E-state index contributed by atoms with van der Waals surface area (Å²) in [7, 11) is 0. The maximum atomic E-state index is 12.4. The summed E-state index contributed by atoms with van der Waals surface area (Å²) in [5.74, 6) is -0.827. The van der Waals surface area contributed by atoms with Gasteiger partial charge in [-0.15, -0.1) is 0 Å². The van der Waals surface area contributed by atoms with Gasteiger partial charge in [0.15, 0.2) is 6.10 Å². The highest BCUT2D eigenvalue weighted by molar-refractivity contribution is 5.96. The number of aryl methyl sites for hydroxylation is 3. The molecule has 0 saturated heterocycles. The highest BCUT2D eigenvalue weighted by Gasteiger charge is 2.20. The number of anilines is 1. The van der Waals surface area contributed by atoms with Crippen LogP contribution in [0.4, 0.5) is 5.69 Å². The monoisotopic (exact) mass is 365 g/mol. The molecule has 0 fully saturated rings. The van der Waals surface area contributed by atoms with Gasteiger partial charge in [-0.1, -0.05) is 24.3 Å². The van der Waals surface area contributed by atoms with Crippen LogP contribution in [0.3, 0.4) is 0 Å². The molecule has 140 valence electrons. The Morgan fingerprint density at radius 1 is 1.07 bits per heavy atom. The van der Waals surface area contributed by atoms with Crippen molar-refractivity contribution < 1.29 is 18.7 Å². The molecule has 5 nitrogen and oxygen atoms in total. The van der Waals surface area contributed by atoms with Gasteiger partial charge in [0.05, 0.1) is 12.7 Å². The summed E-state index contributed by atoms with van der Waals surface area (Å²) >= 11 is 0. The van der Waals surface area contributed by atoms with Gasteiger partial charge in [-0.2, -0.15) is 0 Å². The number of carbonyl (C=O) groups is 2. The van der Waals surface area contributed by atoms with Gasteiger partial charge in [0, 0.05) is 16.6 Å². The summed E-state index contributed by atoms with van der Waals surface area (Å²) in [5.41, 5.74) is 5.28. The van der Waals surface area contributed by atoms with Crippen LogP contribution in [0, 0.1) is 20.8 Å². The number of fused-ring (bicyclic) bond motifs is 1. The van der Waals surface area contributed by atoms with Gasteiger partial charge in [-0.25, -0.2) is 0 Å². The van der Waals surface area contributed by atoms with Crippen molar-refractivity contribution in [2.45, 2.75) is 40.2 Å². The zero-order chi connectivity index (χ0) is 19.6. The zero-order valence-electron chi connectivity index (χ0n) is 16.0. The summed E-state index contributed by atoms with van der Waals surface area (Å²) in [6.07, 6.45) is 0.724. The van der Waals surface area contributed by atoms with Gasteiger partial charge in [-0.05, 0) is 56.5 Å². The smallest absolute Gasteiger partial charge is 0.311 e. The number of carbonyl (C=O) groups excluding carboxylic acids is 2. The van der Waals surface area contributed by atoms with E-state index in [0.717, 1.165) is 38.9 Å². The highest BCUT2D eigenvalue weighted by Crippen LogP contribution is 2.23. The van der Waals surface area contributed by atoms with E-state index in [2.05, 4.69) is 5.32 Å². The molecule has 0 aliphatic heterocycles. The molecular formula is C22H23NO4. The number of nitrogens with one attached hydrogen (secondary N) is 1. The Bertz CT molecular complexity index is 1000. The van der Waals surface area contributed by atoms with Crippen LogP contribution in [0.15, 0.2) is 47.1 Å². The summed E-state index contributed by atoms with van der Waals surface area (Å²) in [6, 6.07) is 11.6. The molecule has 0 aliphatic carbocycles. The van der Waals surface area contributed by atoms with Gasteiger partial charge < -0.3 is 14.5 Å². The second-order valence-electron chi connectivity index (χ2n) is 6.88. The molecule has 2 aromatic carbocycles. The second kappa shape index (κ2) is 7.66. The molecule has 0 unspecified atom stereocenters. The minimum Gasteiger partial charge on any atom is -0.464 e. The fourth-order valence-corrected chi connectivity index (χ4v) is 2.88. The molecule has 3 rings (SSSR count). The number of amides is 1. The van der Waals surface area contributed by atoms with Crippen molar-refractivity contribution in [3.63, 3.8) is 0 Å². The van der Waals surface area contributed by atoms with Crippen LogP contribution in [0.1, 0.15) is 29.2 Å². The van der Waals surface area contributed by atoms with E-state index in [1.54, 1.807) is 13.2 Å². The zero-order valence-corrected chi connectivity index (χ0v) is 16.0. The summed E-state index contributed by atoms with van der Waals surface area (Å²) in [4.78, 5) is 24.6. The molecule has 1 atom stereocenters. The van der Waals surface area contributed by atoms with Crippen LogP contribution in [-0.4, -0.2) is 18.0 Å². The lowest BCUT2D eigenvalue weighted by Gasteiger charge is -2.15. The van der Waals surface area contributed by atoms with Crippen LogP contribution < -0.4 is 5.32 Å². The normalized spacial score (nSPS) is 12.0. The number of ether oxygens (including phenoxy) is 1. The predicted octanol–water partition coefficient (Wildman–Crippen LogP) is 4.47. The van der Waals surface area contributed by atoms with E-state index >= 15 is 0 Å². The molecule has 0 bridgehead atoms. The van der Waals surface area contributed by atoms with E-state index < -0.39 is 12.1 Å². The molecule has 5 heteroatoms. The third kappa shape index (κ3) is 4.37. The molecule has 0 saturated carbocycles. The number of furan rings is 1. The lowest BCUT2D eigenvalue weighted by Crippen LogP contribution is -2.30. The van der Waals surface area contributed by atoms with E-state index in [1.165, 1.54) is 0 Å². The first kappa shape index (κ1) is 18.7. The van der Waals surface area contributed by atoms with E-state index in [-0.39, 0.29) is 12.3 Å².